The molecule has 11 rings (SSSR count). The summed E-state index contributed by atoms with van der Waals surface area (Å²) < 4.78 is 18.0. The van der Waals surface area contributed by atoms with E-state index < -0.39 is 12.6 Å². The molecule has 0 fully saturated rings. The Balaban J connectivity index is 1.19. The molecule has 1 atom stereocenters. The van der Waals surface area contributed by atoms with Crippen molar-refractivity contribution >= 4 is 62.7 Å². The van der Waals surface area contributed by atoms with Gasteiger partial charge >= 0.3 is 0 Å². The molecule has 0 bridgehead atoms. The van der Waals surface area contributed by atoms with Crippen molar-refractivity contribution in [3.05, 3.63) is 258 Å². The number of aromatic nitrogens is 1. The zero-order chi connectivity index (χ0) is 41.8. The van der Waals surface area contributed by atoms with Gasteiger partial charge in [0.1, 0.15) is 0 Å². The third kappa shape index (κ3) is 5.57. The number of hydrogen-bond donors (Lipinski definition) is 0. The lowest BCUT2D eigenvalue weighted by atomic mass is 9.62. The highest BCUT2D eigenvalue weighted by Crippen LogP contribution is 2.63. The lowest BCUT2D eigenvalue weighted by Gasteiger charge is -2.49. The summed E-state index contributed by atoms with van der Waals surface area (Å²) in [4.78, 5) is 4.96. The van der Waals surface area contributed by atoms with Crippen molar-refractivity contribution in [2.24, 2.45) is 0 Å². The molecule has 3 nitrogen and oxygen atoms in total. The SMILES string of the molecule is C=C/C=C(\C=C/C)P(=O)(c1ccccc1)c1ccc(-n2c3ccccc3c3ccc4c(c32)Sc2ccccc2C42c3ccccc3N(C3=CC=CC=CC3)c3ccccc32)cc1. The minimum Gasteiger partial charge on any atom is -0.313 e. The highest BCUT2D eigenvalue weighted by molar-refractivity contribution is 7.99. The predicted molar refractivity (Wildman–Crippen MR) is 263 cm³/mol. The van der Waals surface area contributed by atoms with Gasteiger partial charge in [0.2, 0.25) is 0 Å². The van der Waals surface area contributed by atoms with Crippen LogP contribution in [0.5, 0.6) is 0 Å². The highest BCUT2D eigenvalue weighted by atomic mass is 32.2. The van der Waals surface area contributed by atoms with Gasteiger partial charge in [-0.25, -0.2) is 0 Å². The Labute approximate surface area is 367 Å². The van der Waals surface area contributed by atoms with Crippen molar-refractivity contribution in [2.75, 3.05) is 4.90 Å². The van der Waals surface area contributed by atoms with Crippen LogP contribution in [0.25, 0.3) is 27.5 Å². The molecule has 3 heterocycles. The van der Waals surface area contributed by atoms with E-state index in [1.807, 2.05) is 67.2 Å². The molecule has 8 aromatic rings. The molecule has 5 heteroatoms. The van der Waals surface area contributed by atoms with E-state index in [0.29, 0.717) is 0 Å². The number of fused-ring (bicyclic) bond motifs is 12. The Hall–Kier alpha value is -6.84. The number of nitrogens with zero attached hydrogens (tertiary/aromatic N) is 2. The molecule has 2 aliphatic heterocycles. The molecule has 0 saturated heterocycles. The van der Waals surface area contributed by atoms with Crippen molar-refractivity contribution in [1.29, 1.82) is 0 Å². The van der Waals surface area contributed by atoms with Crippen molar-refractivity contribution in [3.8, 4) is 5.69 Å². The summed E-state index contributed by atoms with van der Waals surface area (Å²) in [6, 6.07) is 58.9. The van der Waals surface area contributed by atoms with Gasteiger partial charge in [0.15, 0.2) is 7.14 Å². The van der Waals surface area contributed by atoms with Crippen LogP contribution < -0.4 is 15.5 Å². The minimum absolute atomic E-state index is 0.611. The molecule has 0 radical (unpaired) electrons. The largest absolute Gasteiger partial charge is 0.313 e. The van der Waals surface area contributed by atoms with E-state index in [0.717, 1.165) is 33.5 Å². The second-order valence-corrected chi connectivity index (χ2v) is 19.7. The van der Waals surface area contributed by atoms with Crippen LogP contribution in [-0.2, 0) is 9.98 Å². The number of para-hydroxylation sites is 3. The van der Waals surface area contributed by atoms with Gasteiger partial charge in [0.25, 0.3) is 0 Å². The lowest BCUT2D eigenvalue weighted by Crippen LogP contribution is -2.40. The molecule has 62 heavy (non-hydrogen) atoms. The first-order chi connectivity index (χ1) is 30.6. The third-order valence-electron chi connectivity index (χ3n) is 12.6. The Bertz CT molecular complexity index is 3260. The van der Waals surface area contributed by atoms with Gasteiger partial charge in [0, 0.05) is 54.3 Å². The fraction of sp³-hybridized carbons (Fsp3) is 0.0526. The molecule has 7 aromatic carbocycles. The lowest BCUT2D eigenvalue weighted by molar-refractivity contribution is 0.591. The molecular weight excluding hydrogens is 792 g/mol. The predicted octanol–water partition coefficient (Wildman–Crippen LogP) is 14.4. The summed E-state index contributed by atoms with van der Waals surface area (Å²) in [6.45, 7) is 5.94. The number of hydrogen-bond acceptors (Lipinski definition) is 3. The molecule has 298 valence electrons. The Morgan fingerprint density at radius 1 is 0.661 bits per heavy atom. The summed E-state index contributed by atoms with van der Waals surface area (Å²) in [7, 11) is -3.24. The van der Waals surface area contributed by atoms with Crippen LogP contribution in [0.3, 0.4) is 0 Å². The molecule has 0 amide bonds. The number of benzene rings is 7. The van der Waals surface area contributed by atoms with Gasteiger partial charge in [-0.05, 0) is 83.8 Å². The van der Waals surface area contributed by atoms with Gasteiger partial charge in [-0.3, -0.25) is 0 Å². The third-order valence-corrected chi connectivity index (χ3v) is 16.9. The maximum absolute atomic E-state index is 15.6. The average Bonchev–Trinajstić information content (AvgIpc) is 3.43. The van der Waals surface area contributed by atoms with Gasteiger partial charge in [0.05, 0.1) is 27.8 Å². The van der Waals surface area contributed by atoms with Gasteiger partial charge in [-0.2, -0.15) is 0 Å². The van der Waals surface area contributed by atoms with E-state index >= 15 is 4.57 Å². The normalized spacial score (nSPS) is 16.0. The number of anilines is 2. The second kappa shape index (κ2) is 15.3. The van der Waals surface area contributed by atoms with Crippen LogP contribution in [0.4, 0.5) is 11.4 Å². The zero-order valence-electron chi connectivity index (χ0n) is 34.4. The van der Waals surface area contributed by atoms with Crippen molar-refractivity contribution < 1.29 is 4.57 Å². The molecule has 0 N–H and O–H groups in total. The molecular formula is C57H43N2OPS. The summed E-state index contributed by atoms with van der Waals surface area (Å²) in [5, 5.41) is 4.71. The van der Waals surface area contributed by atoms with Crippen LogP contribution in [0.2, 0.25) is 0 Å². The van der Waals surface area contributed by atoms with Crippen molar-refractivity contribution in [2.45, 2.75) is 28.6 Å². The standard InChI is InChI=1S/C57H43N2OPS/c1-3-20-42(21-4-2)61(60,43-24-10-7-11-25-43)44-36-34-41(35-37-44)59-51-30-16-12-26-45(51)46-38-39-50-56(55(46)59)62-54-33-19-15-29-49(54)57(50)47-27-13-17-31-52(47)58(40-22-8-5-6-9-23-40)53-32-18-14-28-48(53)57/h3-22,24-39H,1,23H2,2H3/b21-4-,42-20+. The van der Waals surface area contributed by atoms with E-state index in [1.165, 1.54) is 65.4 Å². The van der Waals surface area contributed by atoms with Crippen LogP contribution in [0.1, 0.15) is 35.6 Å². The van der Waals surface area contributed by atoms with Crippen molar-refractivity contribution in [1.82, 2.24) is 4.57 Å². The zero-order valence-corrected chi connectivity index (χ0v) is 36.1. The van der Waals surface area contributed by atoms with E-state index in [9.17, 15) is 0 Å². The topological polar surface area (TPSA) is 25.2 Å². The van der Waals surface area contributed by atoms with Crippen LogP contribution in [-0.4, -0.2) is 4.57 Å². The second-order valence-electron chi connectivity index (χ2n) is 15.9. The molecule has 1 aliphatic carbocycles. The van der Waals surface area contributed by atoms with Gasteiger partial charge in [-0.15, -0.1) is 0 Å². The molecule has 1 aromatic heterocycles. The first-order valence-corrected chi connectivity index (χ1v) is 23.7. The van der Waals surface area contributed by atoms with Gasteiger partial charge in [-0.1, -0.05) is 182 Å². The Morgan fingerprint density at radius 3 is 2.06 bits per heavy atom. The van der Waals surface area contributed by atoms with E-state index in [4.69, 9.17) is 0 Å². The molecule has 3 aliphatic rings. The highest BCUT2D eigenvalue weighted by Gasteiger charge is 2.51. The maximum atomic E-state index is 15.6. The molecule has 1 unspecified atom stereocenters. The minimum atomic E-state index is -3.24. The van der Waals surface area contributed by atoms with E-state index in [-0.39, 0.29) is 0 Å². The smallest absolute Gasteiger partial charge is 0.171 e. The van der Waals surface area contributed by atoms with E-state index in [1.54, 1.807) is 6.08 Å². The van der Waals surface area contributed by atoms with Crippen molar-refractivity contribution in [3.63, 3.8) is 0 Å². The maximum Gasteiger partial charge on any atom is 0.171 e. The van der Waals surface area contributed by atoms with Gasteiger partial charge < -0.3 is 14.0 Å². The number of rotatable bonds is 7. The van der Waals surface area contributed by atoms with Crippen LogP contribution in [0, 0.1) is 0 Å². The summed E-state index contributed by atoms with van der Waals surface area (Å²) in [5.41, 5.74) is 11.4. The van der Waals surface area contributed by atoms with Crippen LogP contribution in [0.15, 0.2) is 246 Å². The number of allylic oxidation sites excluding steroid dienone is 10. The summed E-state index contributed by atoms with van der Waals surface area (Å²) >= 11 is 1.87. The Morgan fingerprint density at radius 2 is 1.32 bits per heavy atom. The molecule has 1 spiro atoms. The van der Waals surface area contributed by atoms with E-state index in [2.05, 4.69) is 180 Å². The quantitative estimate of drug-likeness (QED) is 0.118. The van der Waals surface area contributed by atoms with Crippen LogP contribution >= 0.6 is 18.9 Å². The first-order valence-electron chi connectivity index (χ1n) is 21.2. The summed E-state index contributed by atoms with van der Waals surface area (Å²) in [5.74, 6) is 0. The fourth-order valence-corrected chi connectivity index (χ4v) is 14.2. The molecule has 0 saturated carbocycles. The monoisotopic (exact) mass is 834 g/mol. The first kappa shape index (κ1) is 38.1. The average molecular weight is 835 g/mol. The fourth-order valence-electron chi connectivity index (χ4n) is 10.1. The summed E-state index contributed by atoms with van der Waals surface area (Å²) in [6.07, 6.45) is 19.2. The Kier molecular flexibility index (Phi) is 9.38.